The molecular formula is C17H26N6O. The zero-order valence-electron chi connectivity index (χ0n) is 14.9. The molecule has 1 saturated heterocycles. The fraction of sp³-hybridized carbons (Fsp3) is 0.588. The lowest BCUT2D eigenvalue weighted by atomic mass is 9.93. The molecule has 1 aliphatic heterocycles. The van der Waals surface area contributed by atoms with Gasteiger partial charge in [0.15, 0.2) is 0 Å². The topological polar surface area (TPSA) is 68.0 Å². The Morgan fingerprint density at radius 1 is 1.33 bits per heavy atom. The van der Waals surface area contributed by atoms with Crippen molar-refractivity contribution >= 4 is 5.91 Å². The van der Waals surface area contributed by atoms with Crippen molar-refractivity contribution in [1.82, 2.24) is 29.8 Å². The van der Waals surface area contributed by atoms with E-state index in [4.69, 9.17) is 0 Å². The monoisotopic (exact) mass is 330 g/mol. The molecule has 0 radical (unpaired) electrons. The minimum Gasteiger partial charge on any atom is -0.336 e. The molecule has 0 bridgehead atoms. The minimum atomic E-state index is 0.000461. The third-order valence-electron chi connectivity index (χ3n) is 4.90. The second-order valence-corrected chi connectivity index (χ2v) is 6.48. The number of carbonyl (C=O) groups excluding carboxylic acids is 1. The summed E-state index contributed by atoms with van der Waals surface area (Å²) < 4.78 is 3.72. The third-order valence-corrected chi connectivity index (χ3v) is 4.90. The van der Waals surface area contributed by atoms with Crippen molar-refractivity contribution < 1.29 is 4.79 Å². The van der Waals surface area contributed by atoms with Gasteiger partial charge in [0, 0.05) is 58.1 Å². The number of hydrogen-bond acceptors (Lipinski definition) is 4. The maximum Gasteiger partial charge on any atom is 0.222 e. The second-order valence-electron chi connectivity index (χ2n) is 6.48. The summed E-state index contributed by atoms with van der Waals surface area (Å²) in [6.45, 7) is 2.88. The molecule has 7 heteroatoms. The molecule has 1 amide bonds. The van der Waals surface area contributed by atoms with Gasteiger partial charge in [-0.1, -0.05) is 6.92 Å². The normalized spacial score (nSPS) is 21.5. The van der Waals surface area contributed by atoms with Crippen LogP contribution >= 0.6 is 0 Å². The first-order valence-corrected chi connectivity index (χ1v) is 8.49. The Morgan fingerprint density at radius 2 is 2.12 bits per heavy atom. The molecule has 1 aliphatic rings. The standard InChI is InChI=1S/C17H26N6O/c1-5-13-12(11-21(2)20-13)10-18-14-6-7-16(24)22(3)17(14)15-8-9-19-23(15)4/h8-9,11,14,17-18H,5-7,10H2,1-4H3/t14-,17-/m1/s1. The number of rotatable bonds is 5. The summed E-state index contributed by atoms with van der Waals surface area (Å²) in [6.07, 6.45) is 6.20. The molecule has 0 aromatic carbocycles. The zero-order valence-corrected chi connectivity index (χ0v) is 14.9. The number of nitrogens with one attached hydrogen (secondary N) is 1. The summed E-state index contributed by atoms with van der Waals surface area (Å²) in [5.41, 5.74) is 3.41. The number of aromatic nitrogens is 4. The van der Waals surface area contributed by atoms with Crippen LogP contribution in [0.1, 0.15) is 42.8 Å². The second kappa shape index (κ2) is 6.76. The van der Waals surface area contributed by atoms with Gasteiger partial charge >= 0.3 is 0 Å². The van der Waals surface area contributed by atoms with E-state index in [0.29, 0.717) is 6.42 Å². The van der Waals surface area contributed by atoms with Crippen molar-refractivity contribution in [3.63, 3.8) is 0 Å². The lowest BCUT2D eigenvalue weighted by Crippen LogP contribution is -2.49. The lowest BCUT2D eigenvalue weighted by Gasteiger charge is -2.39. The number of aryl methyl sites for hydroxylation is 3. The van der Waals surface area contributed by atoms with Crippen LogP contribution in [0.5, 0.6) is 0 Å². The number of hydrogen-bond donors (Lipinski definition) is 1. The van der Waals surface area contributed by atoms with Gasteiger partial charge in [-0.2, -0.15) is 10.2 Å². The van der Waals surface area contributed by atoms with Crippen molar-refractivity contribution in [3.8, 4) is 0 Å². The van der Waals surface area contributed by atoms with Crippen molar-refractivity contribution in [3.05, 3.63) is 35.4 Å². The first kappa shape index (κ1) is 16.7. The number of piperidine rings is 1. The van der Waals surface area contributed by atoms with Gasteiger partial charge in [-0.25, -0.2) is 0 Å². The van der Waals surface area contributed by atoms with Crippen molar-refractivity contribution in [2.75, 3.05) is 7.05 Å². The fourth-order valence-corrected chi connectivity index (χ4v) is 3.60. The Bertz CT molecular complexity index is 718. The predicted octanol–water partition coefficient (Wildman–Crippen LogP) is 1.17. The van der Waals surface area contributed by atoms with E-state index in [2.05, 4.69) is 28.6 Å². The summed E-state index contributed by atoms with van der Waals surface area (Å²) in [4.78, 5) is 14.0. The first-order valence-electron chi connectivity index (χ1n) is 8.49. The highest BCUT2D eigenvalue weighted by Crippen LogP contribution is 2.30. The van der Waals surface area contributed by atoms with E-state index in [1.54, 1.807) is 6.20 Å². The van der Waals surface area contributed by atoms with Gasteiger partial charge in [-0.15, -0.1) is 0 Å². The highest BCUT2D eigenvalue weighted by molar-refractivity contribution is 5.77. The molecule has 130 valence electrons. The summed E-state index contributed by atoms with van der Waals surface area (Å²) >= 11 is 0. The Morgan fingerprint density at radius 3 is 2.79 bits per heavy atom. The van der Waals surface area contributed by atoms with E-state index in [9.17, 15) is 4.79 Å². The predicted molar refractivity (Wildman–Crippen MR) is 91.2 cm³/mol. The van der Waals surface area contributed by atoms with Crippen LogP contribution < -0.4 is 5.32 Å². The molecule has 7 nitrogen and oxygen atoms in total. The van der Waals surface area contributed by atoms with Crippen LogP contribution in [0.3, 0.4) is 0 Å². The minimum absolute atomic E-state index is 0.000461. The van der Waals surface area contributed by atoms with Gasteiger partial charge in [0.1, 0.15) is 0 Å². The summed E-state index contributed by atoms with van der Waals surface area (Å²) in [6, 6.07) is 2.20. The summed E-state index contributed by atoms with van der Waals surface area (Å²) in [5, 5.41) is 12.4. The molecule has 2 aromatic rings. The van der Waals surface area contributed by atoms with Gasteiger partial charge in [0.25, 0.3) is 0 Å². The molecule has 24 heavy (non-hydrogen) atoms. The van der Waals surface area contributed by atoms with Gasteiger partial charge in [0.2, 0.25) is 5.91 Å². The number of nitrogens with zero attached hydrogens (tertiary/aromatic N) is 5. The van der Waals surface area contributed by atoms with E-state index in [-0.39, 0.29) is 18.0 Å². The van der Waals surface area contributed by atoms with Crippen LogP contribution in [0.25, 0.3) is 0 Å². The average molecular weight is 330 g/mol. The number of carbonyl (C=O) groups is 1. The third kappa shape index (κ3) is 3.08. The fourth-order valence-electron chi connectivity index (χ4n) is 3.60. The van der Waals surface area contributed by atoms with Gasteiger partial charge in [-0.3, -0.25) is 14.2 Å². The molecule has 3 heterocycles. The van der Waals surface area contributed by atoms with E-state index in [1.807, 2.05) is 41.5 Å². The molecule has 0 aliphatic carbocycles. The highest BCUT2D eigenvalue weighted by atomic mass is 16.2. The largest absolute Gasteiger partial charge is 0.336 e. The average Bonchev–Trinajstić information content (AvgIpc) is 3.14. The molecule has 3 rings (SSSR count). The molecule has 2 aromatic heterocycles. The molecule has 0 unspecified atom stereocenters. The Kier molecular flexibility index (Phi) is 4.71. The molecule has 1 fully saturated rings. The Labute approximate surface area is 142 Å². The summed E-state index contributed by atoms with van der Waals surface area (Å²) in [5.74, 6) is 0.190. The smallest absolute Gasteiger partial charge is 0.222 e. The van der Waals surface area contributed by atoms with Crippen LogP contribution in [0.15, 0.2) is 18.5 Å². The summed E-state index contributed by atoms with van der Waals surface area (Å²) in [7, 11) is 5.76. The van der Waals surface area contributed by atoms with Gasteiger partial charge in [0.05, 0.1) is 17.4 Å². The Balaban J connectivity index is 1.79. The lowest BCUT2D eigenvalue weighted by molar-refractivity contribution is -0.136. The van der Waals surface area contributed by atoms with E-state index >= 15 is 0 Å². The van der Waals surface area contributed by atoms with Gasteiger partial charge in [-0.05, 0) is 18.9 Å². The molecule has 0 spiro atoms. The number of likely N-dealkylation sites (tertiary alicyclic amines) is 1. The van der Waals surface area contributed by atoms with Crippen LogP contribution in [0.4, 0.5) is 0 Å². The number of likely N-dealkylation sites (N-methyl/N-ethyl adjacent to an activating group) is 1. The van der Waals surface area contributed by atoms with Crippen LogP contribution in [-0.4, -0.2) is 43.5 Å². The highest BCUT2D eigenvalue weighted by Gasteiger charge is 2.36. The van der Waals surface area contributed by atoms with E-state index < -0.39 is 0 Å². The molecule has 2 atom stereocenters. The van der Waals surface area contributed by atoms with Crippen LogP contribution in [0, 0.1) is 0 Å². The SMILES string of the molecule is CCc1nn(C)cc1CN[C@@H]1CCC(=O)N(C)[C@H]1c1ccnn1C. The van der Waals surface area contributed by atoms with Crippen molar-refractivity contribution in [2.24, 2.45) is 14.1 Å². The molecule has 1 N–H and O–H groups in total. The maximum atomic E-state index is 12.2. The number of amides is 1. The van der Waals surface area contributed by atoms with Crippen molar-refractivity contribution in [1.29, 1.82) is 0 Å². The molecule has 0 saturated carbocycles. The quantitative estimate of drug-likeness (QED) is 0.893. The van der Waals surface area contributed by atoms with Crippen molar-refractivity contribution in [2.45, 2.75) is 44.8 Å². The van der Waals surface area contributed by atoms with Gasteiger partial charge < -0.3 is 10.2 Å². The maximum absolute atomic E-state index is 12.2. The van der Waals surface area contributed by atoms with Crippen LogP contribution in [0.2, 0.25) is 0 Å². The van der Waals surface area contributed by atoms with Crippen LogP contribution in [-0.2, 0) is 31.9 Å². The van der Waals surface area contributed by atoms with E-state index in [1.165, 1.54) is 5.56 Å². The zero-order chi connectivity index (χ0) is 17.3. The first-order chi connectivity index (χ1) is 11.5. The molecular weight excluding hydrogens is 304 g/mol. The van der Waals surface area contributed by atoms with E-state index in [0.717, 1.165) is 30.8 Å². The Hall–Kier alpha value is -2.15.